The Hall–Kier alpha value is -1.17. The van der Waals surface area contributed by atoms with Crippen LogP contribution in [0.15, 0.2) is 49.1 Å². The lowest BCUT2D eigenvalue weighted by atomic mass is 10.2. The molecule has 2 aromatic rings. The predicted molar refractivity (Wildman–Crippen MR) is 61.1 cm³/mol. The minimum absolute atomic E-state index is 0. The quantitative estimate of drug-likeness (QED) is 0.513. The van der Waals surface area contributed by atoms with E-state index >= 15 is 0 Å². The molecule has 0 bridgehead atoms. The van der Waals surface area contributed by atoms with Crippen LogP contribution in [-0.4, -0.2) is 11.6 Å². The first-order valence-electron chi connectivity index (χ1n) is 5.33. The molecule has 0 unspecified atom stereocenters. The number of halogens is 1. The SMILES string of the molecule is Cc1cccc(OCC[n+]2cccnc2)c1.[I-]. The van der Waals surface area contributed by atoms with Gasteiger partial charge in [-0.1, -0.05) is 17.1 Å². The van der Waals surface area contributed by atoms with Crippen molar-refractivity contribution in [3.8, 4) is 5.75 Å². The lowest BCUT2D eigenvalue weighted by molar-refractivity contribution is -0.700. The summed E-state index contributed by atoms with van der Waals surface area (Å²) in [6.45, 7) is 3.52. The molecule has 4 heteroatoms. The molecular weight excluding hydrogens is 327 g/mol. The fourth-order valence-corrected chi connectivity index (χ4v) is 1.47. The molecule has 0 saturated carbocycles. The molecule has 90 valence electrons. The van der Waals surface area contributed by atoms with E-state index in [2.05, 4.69) is 18.0 Å². The molecule has 0 spiro atoms. The van der Waals surface area contributed by atoms with E-state index in [9.17, 15) is 0 Å². The van der Waals surface area contributed by atoms with Gasteiger partial charge in [0, 0.05) is 6.07 Å². The van der Waals surface area contributed by atoms with Crippen molar-refractivity contribution in [3.63, 3.8) is 0 Å². The minimum Gasteiger partial charge on any atom is -1.00 e. The summed E-state index contributed by atoms with van der Waals surface area (Å²) >= 11 is 0. The van der Waals surface area contributed by atoms with Crippen LogP contribution in [0.2, 0.25) is 0 Å². The van der Waals surface area contributed by atoms with Crippen molar-refractivity contribution in [2.75, 3.05) is 6.61 Å². The molecule has 3 nitrogen and oxygen atoms in total. The smallest absolute Gasteiger partial charge is 0.286 e. The Kier molecular flexibility index (Phi) is 5.90. The Morgan fingerprint density at radius 3 is 2.88 bits per heavy atom. The van der Waals surface area contributed by atoms with Crippen LogP contribution >= 0.6 is 0 Å². The average molecular weight is 342 g/mol. The number of ether oxygens (including phenoxy) is 1. The van der Waals surface area contributed by atoms with Crippen molar-refractivity contribution in [2.24, 2.45) is 0 Å². The monoisotopic (exact) mass is 342 g/mol. The standard InChI is InChI=1S/C13H15N2O.HI/c1-12-4-2-5-13(10-12)16-9-8-15-7-3-6-14-11-15;/h2-7,10-11H,8-9H2,1H3;1H/q+1;/p-1. The largest absolute Gasteiger partial charge is 1.00 e. The zero-order chi connectivity index (χ0) is 11.2. The molecule has 0 amide bonds. The van der Waals surface area contributed by atoms with Gasteiger partial charge >= 0.3 is 0 Å². The number of hydrogen-bond donors (Lipinski definition) is 0. The van der Waals surface area contributed by atoms with Crippen molar-refractivity contribution < 1.29 is 33.3 Å². The van der Waals surface area contributed by atoms with Crippen LogP contribution < -0.4 is 33.3 Å². The lowest BCUT2D eigenvalue weighted by Gasteiger charge is -2.05. The van der Waals surface area contributed by atoms with Gasteiger partial charge in [-0.3, -0.25) is 0 Å². The normalized spacial score (nSPS) is 9.47. The first-order chi connectivity index (χ1) is 7.84. The Labute approximate surface area is 118 Å². The molecular formula is C13H15IN2O. The van der Waals surface area contributed by atoms with Crippen LogP contribution in [-0.2, 0) is 6.54 Å². The molecule has 0 aliphatic rings. The second-order valence-corrected chi connectivity index (χ2v) is 3.66. The van der Waals surface area contributed by atoms with Crippen LogP contribution in [0.25, 0.3) is 0 Å². The first kappa shape index (κ1) is 13.9. The van der Waals surface area contributed by atoms with Gasteiger partial charge in [0.05, 0.1) is 6.20 Å². The second-order valence-electron chi connectivity index (χ2n) is 3.66. The summed E-state index contributed by atoms with van der Waals surface area (Å²) < 4.78 is 7.64. The molecule has 0 fully saturated rings. The maximum absolute atomic E-state index is 5.64. The van der Waals surface area contributed by atoms with Crippen LogP contribution in [0.5, 0.6) is 5.75 Å². The van der Waals surface area contributed by atoms with Crippen LogP contribution in [0.3, 0.4) is 0 Å². The molecule has 0 saturated heterocycles. The third kappa shape index (κ3) is 4.68. The van der Waals surface area contributed by atoms with Crippen molar-refractivity contribution in [3.05, 3.63) is 54.6 Å². The van der Waals surface area contributed by atoms with Gasteiger partial charge in [-0.25, -0.2) is 4.57 Å². The van der Waals surface area contributed by atoms with Crippen molar-refractivity contribution in [2.45, 2.75) is 13.5 Å². The topological polar surface area (TPSA) is 26.0 Å². The molecule has 2 rings (SSSR count). The summed E-state index contributed by atoms with van der Waals surface area (Å²) in [6, 6.07) is 9.98. The predicted octanol–water partition coefficient (Wildman–Crippen LogP) is -1.24. The highest BCUT2D eigenvalue weighted by Gasteiger charge is 1.97. The van der Waals surface area contributed by atoms with E-state index in [1.54, 1.807) is 12.5 Å². The number of aromatic nitrogens is 2. The van der Waals surface area contributed by atoms with Crippen molar-refractivity contribution in [1.82, 2.24) is 4.98 Å². The summed E-state index contributed by atoms with van der Waals surface area (Å²) in [4.78, 5) is 4.03. The van der Waals surface area contributed by atoms with E-state index in [1.807, 2.05) is 35.0 Å². The Morgan fingerprint density at radius 2 is 2.18 bits per heavy atom. The van der Waals surface area contributed by atoms with Gasteiger partial charge in [0.25, 0.3) is 6.33 Å². The summed E-state index contributed by atoms with van der Waals surface area (Å²) in [7, 11) is 0. The summed E-state index contributed by atoms with van der Waals surface area (Å²) in [5.74, 6) is 0.921. The Bertz CT molecular complexity index is 448. The highest BCUT2D eigenvalue weighted by Crippen LogP contribution is 2.11. The number of rotatable bonds is 4. The highest BCUT2D eigenvalue weighted by atomic mass is 127. The zero-order valence-electron chi connectivity index (χ0n) is 9.71. The van der Waals surface area contributed by atoms with Gasteiger partial charge in [0.2, 0.25) is 0 Å². The molecule has 0 atom stereocenters. The molecule has 0 N–H and O–H groups in total. The number of nitrogens with zero attached hydrogens (tertiary/aromatic N) is 2. The maximum Gasteiger partial charge on any atom is 0.286 e. The molecule has 0 aliphatic carbocycles. The summed E-state index contributed by atoms with van der Waals surface area (Å²) in [6.07, 6.45) is 5.53. The maximum atomic E-state index is 5.64. The van der Waals surface area contributed by atoms with Gasteiger partial charge in [-0.05, 0) is 24.6 Å². The molecule has 1 aromatic carbocycles. The summed E-state index contributed by atoms with van der Waals surface area (Å²) in [5.41, 5.74) is 1.21. The highest BCUT2D eigenvalue weighted by molar-refractivity contribution is 5.27. The van der Waals surface area contributed by atoms with Crippen LogP contribution in [0.1, 0.15) is 5.56 Å². The molecule has 1 aromatic heterocycles. The van der Waals surface area contributed by atoms with Gasteiger partial charge in [-0.2, -0.15) is 0 Å². The fourth-order valence-electron chi connectivity index (χ4n) is 1.47. The summed E-state index contributed by atoms with van der Waals surface area (Å²) in [5, 5.41) is 0. The zero-order valence-corrected chi connectivity index (χ0v) is 11.9. The minimum atomic E-state index is 0. The van der Waals surface area contributed by atoms with Gasteiger partial charge < -0.3 is 28.7 Å². The molecule has 0 radical (unpaired) electrons. The van der Waals surface area contributed by atoms with Crippen LogP contribution in [0, 0.1) is 6.92 Å². The van der Waals surface area contributed by atoms with E-state index in [0.29, 0.717) is 6.61 Å². The van der Waals surface area contributed by atoms with E-state index in [-0.39, 0.29) is 24.0 Å². The van der Waals surface area contributed by atoms with E-state index < -0.39 is 0 Å². The van der Waals surface area contributed by atoms with Crippen LogP contribution in [0.4, 0.5) is 0 Å². The fraction of sp³-hybridized carbons (Fsp3) is 0.231. The Morgan fingerprint density at radius 1 is 1.29 bits per heavy atom. The van der Waals surface area contributed by atoms with E-state index in [1.165, 1.54) is 5.56 Å². The van der Waals surface area contributed by atoms with Gasteiger partial charge in [0.1, 0.15) is 25.1 Å². The average Bonchev–Trinajstić information content (AvgIpc) is 2.30. The van der Waals surface area contributed by atoms with Crippen molar-refractivity contribution >= 4 is 0 Å². The number of hydrogen-bond acceptors (Lipinski definition) is 2. The third-order valence-corrected chi connectivity index (χ3v) is 2.27. The second kappa shape index (κ2) is 7.21. The molecule has 1 heterocycles. The van der Waals surface area contributed by atoms with Gasteiger partial charge in [0.15, 0.2) is 0 Å². The van der Waals surface area contributed by atoms with E-state index in [0.717, 1.165) is 12.3 Å². The Balaban J connectivity index is 0.00000144. The van der Waals surface area contributed by atoms with Gasteiger partial charge in [-0.15, -0.1) is 0 Å². The molecule has 17 heavy (non-hydrogen) atoms. The first-order valence-corrected chi connectivity index (χ1v) is 5.33. The number of benzene rings is 1. The third-order valence-electron chi connectivity index (χ3n) is 2.27. The van der Waals surface area contributed by atoms with E-state index in [4.69, 9.17) is 4.74 Å². The molecule has 0 aliphatic heterocycles. The lowest BCUT2D eigenvalue weighted by Crippen LogP contribution is -3.00. The van der Waals surface area contributed by atoms with Crippen molar-refractivity contribution in [1.29, 1.82) is 0 Å². The number of aryl methyl sites for hydroxylation is 1.